The number of hydrogen-bond donors (Lipinski definition) is 2. The average molecular weight is 301 g/mol. The fourth-order valence-electron chi connectivity index (χ4n) is 2.84. The van der Waals surface area contributed by atoms with Crippen LogP contribution in [0.5, 0.6) is 0 Å². The maximum atomic E-state index is 12.4. The van der Waals surface area contributed by atoms with Crippen molar-refractivity contribution < 1.29 is 4.79 Å². The van der Waals surface area contributed by atoms with Crippen molar-refractivity contribution in [2.45, 2.75) is 25.7 Å². The lowest BCUT2D eigenvalue weighted by molar-refractivity contribution is 0.102. The molecule has 0 heterocycles. The second-order valence-electron chi connectivity index (χ2n) is 5.38. The third-order valence-electron chi connectivity index (χ3n) is 3.83. The first kappa shape index (κ1) is 14.0. The Kier molecular flexibility index (Phi) is 3.84. The third kappa shape index (κ3) is 3.03. The van der Waals surface area contributed by atoms with Gasteiger partial charge >= 0.3 is 0 Å². The molecule has 0 radical (unpaired) electrons. The van der Waals surface area contributed by atoms with Crippen LogP contribution in [0.25, 0.3) is 0 Å². The fraction of sp³-hybridized carbons (Fsp3) is 0.235. The first-order chi connectivity index (χ1) is 10.1. The van der Waals surface area contributed by atoms with Gasteiger partial charge in [-0.15, -0.1) is 0 Å². The summed E-state index contributed by atoms with van der Waals surface area (Å²) >= 11 is 5.95. The molecule has 1 aliphatic rings. The summed E-state index contributed by atoms with van der Waals surface area (Å²) in [5.41, 5.74) is 10.2. The maximum Gasteiger partial charge on any atom is 0.255 e. The van der Waals surface area contributed by atoms with E-state index in [1.165, 1.54) is 24.0 Å². The number of fused-ring (bicyclic) bond motifs is 1. The van der Waals surface area contributed by atoms with E-state index < -0.39 is 0 Å². The molecule has 3 nitrogen and oxygen atoms in total. The van der Waals surface area contributed by atoms with Crippen LogP contribution < -0.4 is 11.1 Å². The number of hydrogen-bond acceptors (Lipinski definition) is 2. The molecule has 2 aromatic rings. The summed E-state index contributed by atoms with van der Waals surface area (Å²) in [4.78, 5) is 12.4. The second-order valence-corrected chi connectivity index (χ2v) is 5.81. The summed E-state index contributed by atoms with van der Waals surface area (Å²) in [6.45, 7) is 0. The highest BCUT2D eigenvalue weighted by molar-refractivity contribution is 6.31. The molecule has 0 bridgehead atoms. The van der Waals surface area contributed by atoms with Crippen LogP contribution >= 0.6 is 11.6 Å². The van der Waals surface area contributed by atoms with Crippen molar-refractivity contribution in [2.24, 2.45) is 0 Å². The molecule has 4 heteroatoms. The summed E-state index contributed by atoms with van der Waals surface area (Å²) in [6.07, 6.45) is 4.49. The normalized spacial score (nSPS) is 13.6. The van der Waals surface area contributed by atoms with Gasteiger partial charge in [-0.05, 0) is 61.1 Å². The number of nitrogens with two attached hydrogens (primary N) is 1. The van der Waals surface area contributed by atoms with Crippen LogP contribution in [0.4, 0.5) is 11.4 Å². The minimum Gasteiger partial charge on any atom is -0.399 e. The number of rotatable bonds is 2. The summed E-state index contributed by atoms with van der Waals surface area (Å²) in [5, 5.41) is 3.46. The molecule has 0 unspecified atom stereocenters. The van der Waals surface area contributed by atoms with Gasteiger partial charge in [0, 0.05) is 22.0 Å². The van der Waals surface area contributed by atoms with Crippen molar-refractivity contribution in [3.05, 3.63) is 58.1 Å². The monoisotopic (exact) mass is 300 g/mol. The molecule has 0 spiro atoms. The molecule has 0 aromatic heterocycles. The fourth-order valence-corrected chi connectivity index (χ4v) is 3.08. The molecule has 0 saturated heterocycles. The van der Waals surface area contributed by atoms with Gasteiger partial charge in [-0.3, -0.25) is 4.79 Å². The number of nitrogen functional groups attached to an aromatic ring is 1. The Hall–Kier alpha value is -2.00. The summed E-state index contributed by atoms with van der Waals surface area (Å²) in [5.74, 6) is -0.178. The van der Waals surface area contributed by atoms with E-state index in [4.69, 9.17) is 17.3 Å². The molecule has 1 aliphatic carbocycles. The predicted octanol–water partition coefficient (Wildman–Crippen LogP) is 4.05. The summed E-state index contributed by atoms with van der Waals surface area (Å²) in [7, 11) is 0. The molecule has 0 aliphatic heterocycles. The third-order valence-corrected chi connectivity index (χ3v) is 4.04. The molecule has 108 valence electrons. The summed E-state index contributed by atoms with van der Waals surface area (Å²) < 4.78 is 0. The highest BCUT2D eigenvalue weighted by Crippen LogP contribution is 2.28. The number of nitrogens with one attached hydrogen (secondary N) is 1. The Morgan fingerprint density at radius 1 is 1.14 bits per heavy atom. The van der Waals surface area contributed by atoms with E-state index in [0.717, 1.165) is 18.5 Å². The second kappa shape index (κ2) is 5.78. The topological polar surface area (TPSA) is 55.1 Å². The first-order valence-electron chi connectivity index (χ1n) is 7.11. The number of carbonyl (C=O) groups excluding carboxylic acids is 1. The Labute approximate surface area is 129 Å². The van der Waals surface area contributed by atoms with Crippen molar-refractivity contribution in [3.8, 4) is 0 Å². The van der Waals surface area contributed by atoms with Gasteiger partial charge in [-0.25, -0.2) is 0 Å². The lowest BCUT2D eigenvalue weighted by Crippen LogP contribution is -2.15. The Morgan fingerprint density at radius 2 is 1.95 bits per heavy atom. The van der Waals surface area contributed by atoms with Crippen LogP contribution in [0.15, 0.2) is 36.4 Å². The smallest absolute Gasteiger partial charge is 0.255 e. The quantitative estimate of drug-likeness (QED) is 0.822. The van der Waals surface area contributed by atoms with Crippen LogP contribution in [0.2, 0.25) is 5.02 Å². The number of benzene rings is 2. The Morgan fingerprint density at radius 3 is 2.76 bits per heavy atom. The minimum absolute atomic E-state index is 0.178. The van der Waals surface area contributed by atoms with Gasteiger partial charge in [-0.1, -0.05) is 23.7 Å². The molecule has 2 aromatic carbocycles. The van der Waals surface area contributed by atoms with Crippen LogP contribution in [0.3, 0.4) is 0 Å². The molecular weight excluding hydrogens is 284 g/mol. The van der Waals surface area contributed by atoms with Crippen molar-refractivity contribution >= 4 is 28.9 Å². The standard InChI is InChI=1S/C17H17ClN2O/c18-13-8-12(9-14(19)10-13)17(21)20-16-7-3-5-11-4-1-2-6-15(11)16/h3,5,7-10H,1-2,4,6,19H2,(H,20,21). The van der Waals surface area contributed by atoms with Crippen molar-refractivity contribution in [2.75, 3.05) is 11.1 Å². The molecule has 0 fully saturated rings. The van der Waals surface area contributed by atoms with E-state index in [1.54, 1.807) is 18.2 Å². The van der Waals surface area contributed by atoms with Crippen molar-refractivity contribution in [1.82, 2.24) is 0 Å². The van der Waals surface area contributed by atoms with Crippen molar-refractivity contribution in [1.29, 1.82) is 0 Å². The van der Waals surface area contributed by atoms with Gasteiger partial charge in [-0.2, -0.15) is 0 Å². The van der Waals surface area contributed by atoms with E-state index in [-0.39, 0.29) is 5.91 Å². The minimum atomic E-state index is -0.178. The van der Waals surface area contributed by atoms with E-state index in [2.05, 4.69) is 11.4 Å². The lowest BCUT2D eigenvalue weighted by atomic mass is 9.90. The summed E-state index contributed by atoms with van der Waals surface area (Å²) in [6, 6.07) is 11.0. The number of halogens is 1. The molecule has 21 heavy (non-hydrogen) atoms. The van der Waals surface area contributed by atoms with Crippen LogP contribution in [-0.4, -0.2) is 5.91 Å². The zero-order valence-electron chi connectivity index (χ0n) is 11.7. The number of anilines is 2. The van der Waals surface area contributed by atoms with Crippen LogP contribution in [0, 0.1) is 0 Å². The first-order valence-corrected chi connectivity index (χ1v) is 7.49. The molecule has 3 rings (SSSR count). The van der Waals surface area contributed by atoms with Gasteiger partial charge in [0.25, 0.3) is 5.91 Å². The maximum absolute atomic E-state index is 12.4. The highest BCUT2D eigenvalue weighted by Gasteiger charge is 2.15. The highest BCUT2D eigenvalue weighted by atomic mass is 35.5. The van der Waals surface area contributed by atoms with Gasteiger partial charge in [0.15, 0.2) is 0 Å². The molecule has 1 amide bonds. The van der Waals surface area contributed by atoms with Crippen molar-refractivity contribution in [3.63, 3.8) is 0 Å². The predicted molar refractivity (Wildman–Crippen MR) is 86.9 cm³/mol. The Bertz CT molecular complexity index is 677. The average Bonchev–Trinajstić information content (AvgIpc) is 2.46. The van der Waals surface area contributed by atoms with Gasteiger partial charge in [0.2, 0.25) is 0 Å². The lowest BCUT2D eigenvalue weighted by Gasteiger charge is -2.19. The molecule has 3 N–H and O–H groups in total. The van der Waals surface area contributed by atoms with E-state index in [1.807, 2.05) is 12.1 Å². The van der Waals surface area contributed by atoms with E-state index in [0.29, 0.717) is 16.3 Å². The van der Waals surface area contributed by atoms with Gasteiger partial charge < -0.3 is 11.1 Å². The Balaban J connectivity index is 1.88. The molecular formula is C17H17ClN2O. The zero-order valence-corrected chi connectivity index (χ0v) is 12.4. The number of carbonyl (C=O) groups is 1. The largest absolute Gasteiger partial charge is 0.399 e. The number of amides is 1. The molecule has 0 saturated carbocycles. The van der Waals surface area contributed by atoms with E-state index in [9.17, 15) is 4.79 Å². The number of aryl methyl sites for hydroxylation is 1. The molecule has 0 atom stereocenters. The van der Waals surface area contributed by atoms with E-state index >= 15 is 0 Å². The van der Waals surface area contributed by atoms with Gasteiger partial charge in [0.1, 0.15) is 0 Å². The SMILES string of the molecule is Nc1cc(Cl)cc(C(=O)Nc2cccc3c2CCCC3)c1. The van der Waals surface area contributed by atoms with Crippen LogP contribution in [-0.2, 0) is 12.8 Å². The zero-order chi connectivity index (χ0) is 14.8. The van der Waals surface area contributed by atoms with Gasteiger partial charge in [0.05, 0.1) is 0 Å². The van der Waals surface area contributed by atoms with Crippen LogP contribution in [0.1, 0.15) is 34.3 Å².